The number of alkyl halides is 2. The highest BCUT2D eigenvalue weighted by Crippen LogP contribution is 2.31. The van der Waals surface area contributed by atoms with Crippen molar-refractivity contribution in [3.8, 4) is 5.75 Å². The van der Waals surface area contributed by atoms with Gasteiger partial charge < -0.3 is 10.1 Å². The third-order valence-electron chi connectivity index (χ3n) is 3.76. The van der Waals surface area contributed by atoms with Crippen molar-refractivity contribution >= 4 is 38.9 Å². The molecule has 0 aromatic heterocycles. The number of amides is 1. The predicted molar refractivity (Wildman–Crippen MR) is 96.7 cm³/mol. The smallest absolute Gasteiger partial charge is 0.387 e. The SMILES string of the molecule is O=C(Nc1cccc(NS(=O)(=O)c2ccc(OC(F)F)c(Cl)c2)c1)C1CC1. The van der Waals surface area contributed by atoms with E-state index >= 15 is 0 Å². The second kappa shape index (κ2) is 7.69. The van der Waals surface area contributed by atoms with Gasteiger partial charge in [0, 0.05) is 11.6 Å². The number of anilines is 2. The molecule has 1 aliphatic carbocycles. The van der Waals surface area contributed by atoms with Crippen molar-refractivity contribution in [2.45, 2.75) is 24.3 Å². The van der Waals surface area contributed by atoms with E-state index in [-0.39, 0.29) is 33.2 Å². The Hall–Kier alpha value is -2.39. The van der Waals surface area contributed by atoms with Crippen LogP contribution in [0, 0.1) is 5.92 Å². The molecule has 2 aromatic rings. The van der Waals surface area contributed by atoms with E-state index in [1.165, 1.54) is 12.1 Å². The number of hydrogen-bond donors (Lipinski definition) is 2. The molecule has 0 saturated heterocycles. The standard InChI is InChI=1S/C17H15ClF2N2O4S/c18-14-9-13(6-7-15(14)26-17(19)20)27(24,25)22-12-3-1-2-11(8-12)21-16(23)10-4-5-10/h1-3,6-10,17,22H,4-5H2,(H,21,23). The van der Waals surface area contributed by atoms with Gasteiger partial charge >= 0.3 is 6.61 Å². The van der Waals surface area contributed by atoms with Gasteiger partial charge in [-0.1, -0.05) is 17.7 Å². The molecule has 0 aliphatic heterocycles. The maximum absolute atomic E-state index is 12.5. The first-order valence-electron chi connectivity index (χ1n) is 7.93. The van der Waals surface area contributed by atoms with E-state index in [2.05, 4.69) is 14.8 Å². The molecule has 2 aromatic carbocycles. The first-order valence-corrected chi connectivity index (χ1v) is 9.79. The van der Waals surface area contributed by atoms with Crippen molar-refractivity contribution in [2.24, 2.45) is 5.92 Å². The van der Waals surface area contributed by atoms with Gasteiger partial charge in [-0.05, 0) is 49.2 Å². The van der Waals surface area contributed by atoms with Crippen LogP contribution in [-0.4, -0.2) is 20.9 Å². The molecule has 2 N–H and O–H groups in total. The normalized spacial score (nSPS) is 14.1. The molecule has 1 fully saturated rings. The van der Waals surface area contributed by atoms with Crippen LogP contribution in [0.5, 0.6) is 5.75 Å². The molecule has 144 valence electrons. The molecule has 0 bridgehead atoms. The van der Waals surface area contributed by atoms with E-state index in [1.807, 2.05) is 0 Å². The van der Waals surface area contributed by atoms with E-state index in [1.54, 1.807) is 12.1 Å². The van der Waals surface area contributed by atoms with Gasteiger partial charge in [0.05, 0.1) is 15.6 Å². The van der Waals surface area contributed by atoms with Crippen LogP contribution in [0.4, 0.5) is 20.2 Å². The molecule has 3 rings (SSSR count). The van der Waals surface area contributed by atoms with Gasteiger partial charge in [0.1, 0.15) is 5.75 Å². The lowest BCUT2D eigenvalue weighted by atomic mass is 10.2. The monoisotopic (exact) mass is 416 g/mol. The Morgan fingerprint density at radius 2 is 1.85 bits per heavy atom. The number of benzene rings is 2. The fourth-order valence-corrected chi connectivity index (χ4v) is 3.67. The maximum Gasteiger partial charge on any atom is 0.387 e. The number of carbonyl (C=O) groups excluding carboxylic acids is 1. The Kier molecular flexibility index (Phi) is 5.52. The molecule has 0 atom stereocenters. The number of ether oxygens (including phenoxy) is 1. The van der Waals surface area contributed by atoms with Gasteiger partial charge in [-0.25, -0.2) is 8.42 Å². The van der Waals surface area contributed by atoms with Crippen LogP contribution < -0.4 is 14.8 Å². The Bertz CT molecular complexity index is 965. The number of halogens is 3. The van der Waals surface area contributed by atoms with Crippen molar-refractivity contribution in [2.75, 3.05) is 10.0 Å². The Balaban J connectivity index is 1.76. The minimum atomic E-state index is -4.02. The molecule has 6 nitrogen and oxygen atoms in total. The van der Waals surface area contributed by atoms with Gasteiger partial charge in [0.2, 0.25) is 5.91 Å². The summed E-state index contributed by atoms with van der Waals surface area (Å²) in [6, 6.07) is 9.40. The minimum Gasteiger partial charge on any atom is -0.433 e. The van der Waals surface area contributed by atoms with E-state index in [4.69, 9.17) is 11.6 Å². The molecule has 27 heavy (non-hydrogen) atoms. The molecule has 0 unspecified atom stereocenters. The second-order valence-corrected chi connectivity index (χ2v) is 8.01. The zero-order chi connectivity index (χ0) is 19.6. The van der Waals surface area contributed by atoms with E-state index in [0.29, 0.717) is 5.69 Å². The van der Waals surface area contributed by atoms with Gasteiger partial charge in [0.25, 0.3) is 10.0 Å². The van der Waals surface area contributed by atoms with Crippen LogP contribution in [0.1, 0.15) is 12.8 Å². The Morgan fingerprint density at radius 3 is 2.48 bits per heavy atom. The quantitative estimate of drug-likeness (QED) is 0.712. The fraction of sp³-hybridized carbons (Fsp3) is 0.235. The highest BCUT2D eigenvalue weighted by atomic mass is 35.5. The first kappa shape index (κ1) is 19.4. The third-order valence-corrected chi connectivity index (χ3v) is 5.43. The number of sulfonamides is 1. The second-order valence-electron chi connectivity index (χ2n) is 5.92. The molecule has 1 amide bonds. The summed E-state index contributed by atoms with van der Waals surface area (Å²) in [7, 11) is -4.02. The molecule has 1 aliphatic rings. The molecule has 0 heterocycles. The van der Waals surface area contributed by atoms with Crippen LogP contribution in [0.15, 0.2) is 47.4 Å². The van der Waals surface area contributed by atoms with Crippen LogP contribution in [-0.2, 0) is 14.8 Å². The lowest BCUT2D eigenvalue weighted by Crippen LogP contribution is -2.15. The topological polar surface area (TPSA) is 84.5 Å². The van der Waals surface area contributed by atoms with Gasteiger partial charge in [-0.2, -0.15) is 8.78 Å². The lowest BCUT2D eigenvalue weighted by molar-refractivity contribution is -0.117. The molecule has 0 radical (unpaired) electrons. The largest absolute Gasteiger partial charge is 0.433 e. The van der Waals surface area contributed by atoms with E-state index < -0.39 is 16.6 Å². The van der Waals surface area contributed by atoms with Crippen LogP contribution in [0.25, 0.3) is 0 Å². The Labute approximate surface area is 159 Å². The summed E-state index contributed by atoms with van der Waals surface area (Å²) in [5.41, 5.74) is 0.693. The van der Waals surface area contributed by atoms with Crippen molar-refractivity contribution in [1.29, 1.82) is 0 Å². The van der Waals surface area contributed by atoms with Crippen molar-refractivity contribution < 1.29 is 26.7 Å². The highest BCUT2D eigenvalue weighted by Gasteiger charge is 2.29. The summed E-state index contributed by atoms with van der Waals surface area (Å²) in [6.45, 7) is -3.07. The maximum atomic E-state index is 12.5. The molecule has 0 spiro atoms. The predicted octanol–water partition coefficient (Wildman–Crippen LogP) is 4.09. The first-order chi connectivity index (χ1) is 12.7. The molecule has 1 saturated carbocycles. The van der Waals surface area contributed by atoms with Crippen molar-refractivity contribution in [1.82, 2.24) is 0 Å². The van der Waals surface area contributed by atoms with Gasteiger partial charge in [0.15, 0.2) is 0 Å². The zero-order valence-corrected chi connectivity index (χ0v) is 15.4. The summed E-state index contributed by atoms with van der Waals surface area (Å²) in [6.07, 6.45) is 1.70. The minimum absolute atomic E-state index is 0.0152. The van der Waals surface area contributed by atoms with Crippen LogP contribution in [0.3, 0.4) is 0 Å². The average Bonchev–Trinajstić information content (AvgIpc) is 3.41. The lowest BCUT2D eigenvalue weighted by Gasteiger charge is -2.12. The summed E-state index contributed by atoms with van der Waals surface area (Å²) in [5, 5.41) is 2.46. The van der Waals surface area contributed by atoms with Crippen molar-refractivity contribution in [3.05, 3.63) is 47.5 Å². The number of nitrogens with one attached hydrogen (secondary N) is 2. The van der Waals surface area contributed by atoms with E-state index in [9.17, 15) is 22.0 Å². The summed E-state index contributed by atoms with van der Waals surface area (Å²) in [5.74, 6) is -0.409. The molecule has 10 heteroatoms. The van der Waals surface area contributed by atoms with Crippen molar-refractivity contribution in [3.63, 3.8) is 0 Å². The average molecular weight is 417 g/mol. The number of hydrogen-bond acceptors (Lipinski definition) is 4. The van der Waals surface area contributed by atoms with E-state index in [0.717, 1.165) is 31.0 Å². The number of carbonyl (C=O) groups is 1. The zero-order valence-electron chi connectivity index (χ0n) is 13.8. The fourth-order valence-electron chi connectivity index (χ4n) is 2.30. The Morgan fingerprint density at radius 1 is 1.15 bits per heavy atom. The summed E-state index contributed by atoms with van der Waals surface area (Å²) in [4.78, 5) is 11.6. The summed E-state index contributed by atoms with van der Waals surface area (Å²) < 4.78 is 56.1. The van der Waals surface area contributed by atoms with Gasteiger partial charge in [-0.3, -0.25) is 9.52 Å². The highest BCUT2D eigenvalue weighted by molar-refractivity contribution is 7.92. The number of rotatable bonds is 7. The summed E-state index contributed by atoms with van der Waals surface area (Å²) >= 11 is 5.80. The molecular weight excluding hydrogens is 402 g/mol. The third kappa shape index (κ3) is 5.08. The van der Waals surface area contributed by atoms with Gasteiger partial charge in [-0.15, -0.1) is 0 Å². The van der Waals surface area contributed by atoms with Crippen LogP contribution in [0.2, 0.25) is 5.02 Å². The molecular formula is C17H15ClF2N2O4S. The van der Waals surface area contributed by atoms with Crippen LogP contribution >= 0.6 is 11.6 Å².